The Labute approximate surface area is 133 Å². The minimum atomic E-state index is -5.10. The summed E-state index contributed by atoms with van der Waals surface area (Å²) in [6.45, 7) is 7.66. The zero-order valence-electron chi connectivity index (χ0n) is 13.4. The van der Waals surface area contributed by atoms with Crippen LogP contribution in [0.5, 0.6) is 0 Å². The monoisotopic (exact) mass is 339 g/mol. The summed E-state index contributed by atoms with van der Waals surface area (Å²) in [6, 6.07) is 0. The van der Waals surface area contributed by atoms with Crippen molar-refractivity contribution in [1.29, 1.82) is 0 Å². The first kappa shape index (κ1) is 19.7. The normalized spacial score (nSPS) is 16.8. The molecule has 134 valence electrons. The number of carbonyl (C=O) groups excluding carboxylic acids is 2. The molecule has 0 bridgehead atoms. The molecule has 0 radical (unpaired) electrons. The Morgan fingerprint density at radius 3 is 2.35 bits per heavy atom. The zero-order chi connectivity index (χ0) is 17.5. The van der Waals surface area contributed by atoms with Gasteiger partial charge in [-0.2, -0.15) is 13.2 Å². The van der Waals surface area contributed by atoms with Crippen LogP contribution < -0.4 is 10.6 Å². The van der Waals surface area contributed by atoms with Gasteiger partial charge in [-0.15, -0.1) is 0 Å². The third kappa shape index (κ3) is 6.74. The molecule has 1 unspecified atom stereocenters. The second-order valence-corrected chi connectivity index (χ2v) is 5.47. The van der Waals surface area contributed by atoms with E-state index in [-0.39, 0.29) is 12.3 Å². The summed E-state index contributed by atoms with van der Waals surface area (Å²) in [5.41, 5.74) is 0. The van der Waals surface area contributed by atoms with Crippen molar-refractivity contribution in [2.75, 3.05) is 39.3 Å². The molecule has 1 heterocycles. The van der Waals surface area contributed by atoms with E-state index in [1.165, 1.54) is 0 Å². The van der Waals surface area contributed by atoms with Crippen LogP contribution in [0.3, 0.4) is 0 Å². The van der Waals surface area contributed by atoms with Gasteiger partial charge in [-0.3, -0.25) is 4.79 Å². The molecule has 0 aromatic carbocycles. The van der Waals surface area contributed by atoms with Gasteiger partial charge >= 0.3 is 12.1 Å². The van der Waals surface area contributed by atoms with Crippen LogP contribution in [0.4, 0.5) is 13.2 Å². The topological polar surface area (TPSA) is 70.7 Å². The van der Waals surface area contributed by atoms with Crippen molar-refractivity contribution in [3.8, 4) is 0 Å². The first-order valence-corrected chi connectivity index (χ1v) is 7.76. The molecule has 2 N–H and O–H groups in total. The van der Waals surface area contributed by atoms with Gasteiger partial charge < -0.3 is 20.3 Å². The fraction of sp³-hybridized carbons (Fsp3) is 0.857. The van der Waals surface area contributed by atoms with Crippen LogP contribution in [0.2, 0.25) is 0 Å². The van der Waals surface area contributed by atoms with Gasteiger partial charge in [0.1, 0.15) is 0 Å². The minimum absolute atomic E-state index is 0.0366. The van der Waals surface area contributed by atoms with E-state index < -0.39 is 24.2 Å². The number of halogens is 3. The smallest absolute Gasteiger partial charge is 0.446 e. The first-order chi connectivity index (χ1) is 10.8. The van der Waals surface area contributed by atoms with Crippen molar-refractivity contribution >= 4 is 11.9 Å². The van der Waals surface area contributed by atoms with Gasteiger partial charge in [-0.25, -0.2) is 4.79 Å². The Kier molecular flexibility index (Phi) is 7.77. The lowest BCUT2D eigenvalue weighted by molar-refractivity contribution is -0.206. The number of likely N-dealkylation sites (N-methyl/N-ethyl adjacent to an activating group) is 1. The average Bonchev–Trinajstić information content (AvgIpc) is 2.44. The fourth-order valence-corrected chi connectivity index (χ4v) is 2.21. The molecule has 1 aliphatic rings. The van der Waals surface area contributed by atoms with Crippen LogP contribution >= 0.6 is 0 Å². The summed E-state index contributed by atoms with van der Waals surface area (Å²) in [4.78, 5) is 25.1. The predicted octanol–water partition coefficient (Wildman–Crippen LogP) is 0.528. The third-order valence-corrected chi connectivity index (χ3v) is 3.81. The maximum absolute atomic E-state index is 12.3. The quantitative estimate of drug-likeness (QED) is 0.600. The average molecular weight is 339 g/mol. The maximum atomic E-state index is 12.3. The Hall–Kier alpha value is -1.35. The van der Waals surface area contributed by atoms with Crippen LogP contribution in [-0.4, -0.2) is 68.3 Å². The molecule has 1 fully saturated rings. The Balaban J connectivity index is 2.52. The van der Waals surface area contributed by atoms with E-state index in [9.17, 15) is 22.8 Å². The molecule has 0 spiro atoms. The lowest BCUT2D eigenvalue weighted by Gasteiger charge is -2.30. The summed E-state index contributed by atoms with van der Waals surface area (Å²) in [5.74, 6) is -2.97. The van der Waals surface area contributed by atoms with Gasteiger partial charge in [0.2, 0.25) is 0 Å². The number of esters is 1. The number of amides is 1. The first-order valence-electron chi connectivity index (χ1n) is 7.76. The second-order valence-electron chi connectivity index (χ2n) is 5.47. The van der Waals surface area contributed by atoms with Crippen LogP contribution in [0.25, 0.3) is 0 Å². The van der Waals surface area contributed by atoms with Gasteiger partial charge in [0.25, 0.3) is 5.91 Å². The van der Waals surface area contributed by atoms with Gasteiger partial charge in [0.05, 0.1) is 0 Å². The van der Waals surface area contributed by atoms with Gasteiger partial charge in [-0.05, 0) is 38.5 Å². The molecular formula is C14H24F3N3O3. The number of rotatable bonds is 9. The molecule has 1 rings (SSSR count). The van der Waals surface area contributed by atoms with E-state index >= 15 is 0 Å². The van der Waals surface area contributed by atoms with Crippen LogP contribution in [0, 0.1) is 5.92 Å². The molecule has 9 heteroatoms. The molecule has 6 nitrogen and oxygen atoms in total. The molecule has 0 saturated carbocycles. The number of ether oxygens (including phenoxy) is 1. The molecule has 0 aromatic rings. The second kappa shape index (κ2) is 9.07. The van der Waals surface area contributed by atoms with Crippen molar-refractivity contribution < 1.29 is 27.5 Å². The number of nitrogens with one attached hydrogen (secondary N) is 2. The van der Waals surface area contributed by atoms with Gasteiger partial charge in [-0.1, -0.05) is 13.8 Å². The largest absolute Gasteiger partial charge is 0.490 e. The van der Waals surface area contributed by atoms with E-state index in [0.29, 0.717) is 26.2 Å². The number of carbonyl (C=O) groups is 2. The van der Waals surface area contributed by atoms with Gasteiger partial charge in [0, 0.05) is 13.1 Å². The van der Waals surface area contributed by atoms with E-state index in [2.05, 4.69) is 20.3 Å². The minimum Gasteiger partial charge on any atom is -0.446 e. The van der Waals surface area contributed by atoms with E-state index in [1.54, 1.807) is 0 Å². The molecule has 1 amide bonds. The van der Waals surface area contributed by atoms with Crippen molar-refractivity contribution in [3.63, 3.8) is 0 Å². The Morgan fingerprint density at radius 1 is 1.30 bits per heavy atom. The highest BCUT2D eigenvalue weighted by Gasteiger charge is 2.43. The summed E-state index contributed by atoms with van der Waals surface area (Å²) in [5, 5.41) is 5.51. The van der Waals surface area contributed by atoms with E-state index in [1.807, 2.05) is 13.8 Å². The SMILES string of the molecule is CCN(CC)CCNC(=O)C(CC1CNC1)OC(=O)C(F)(F)F. The highest BCUT2D eigenvalue weighted by Crippen LogP contribution is 2.21. The summed E-state index contributed by atoms with van der Waals surface area (Å²) >= 11 is 0. The molecule has 0 aliphatic carbocycles. The van der Waals surface area contributed by atoms with Crippen LogP contribution in [0.15, 0.2) is 0 Å². The number of nitrogens with zero attached hydrogens (tertiary/aromatic N) is 1. The molecular weight excluding hydrogens is 315 g/mol. The highest BCUT2D eigenvalue weighted by atomic mass is 19.4. The molecule has 1 atom stereocenters. The Morgan fingerprint density at radius 2 is 1.91 bits per heavy atom. The van der Waals surface area contributed by atoms with E-state index in [4.69, 9.17) is 0 Å². The number of hydrogen-bond donors (Lipinski definition) is 2. The van der Waals surface area contributed by atoms with Crippen molar-refractivity contribution in [2.45, 2.75) is 32.5 Å². The molecule has 0 aromatic heterocycles. The number of hydrogen-bond acceptors (Lipinski definition) is 5. The summed E-state index contributed by atoms with van der Waals surface area (Å²) < 4.78 is 41.4. The Bertz CT molecular complexity index is 396. The van der Waals surface area contributed by atoms with E-state index in [0.717, 1.165) is 13.1 Å². The van der Waals surface area contributed by atoms with Crippen molar-refractivity contribution in [3.05, 3.63) is 0 Å². The summed E-state index contributed by atoms with van der Waals surface area (Å²) in [6.07, 6.45) is -6.42. The third-order valence-electron chi connectivity index (χ3n) is 3.81. The standard InChI is InChI=1S/C14H24F3N3O3/c1-3-20(4-2)6-5-19-12(21)11(7-10-8-18-9-10)23-13(22)14(15,16)17/h10-11,18H,3-9H2,1-2H3,(H,19,21). The lowest BCUT2D eigenvalue weighted by Crippen LogP contribution is -2.49. The predicted molar refractivity (Wildman–Crippen MR) is 77.7 cm³/mol. The van der Waals surface area contributed by atoms with Gasteiger partial charge in [0.15, 0.2) is 6.10 Å². The fourth-order valence-electron chi connectivity index (χ4n) is 2.21. The molecule has 23 heavy (non-hydrogen) atoms. The molecule has 1 saturated heterocycles. The van der Waals surface area contributed by atoms with Crippen molar-refractivity contribution in [1.82, 2.24) is 15.5 Å². The molecule has 1 aliphatic heterocycles. The summed E-state index contributed by atoms with van der Waals surface area (Å²) in [7, 11) is 0. The highest BCUT2D eigenvalue weighted by molar-refractivity contribution is 5.85. The maximum Gasteiger partial charge on any atom is 0.490 e. The number of alkyl halides is 3. The van der Waals surface area contributed by atoms with Crippen molar-refractivity contribution in [2.24, 2.45) is 5.92 Å². The zero-order valence-corrected chi connectivity index (χ0v) is 13.4. The van der Waals surface area contributed by atoms with Crippen LogP contribution in [-0.2, 0) is 14.3 Å². The van der Waals surface area contributed by atoms with Crippen LogP contribution in [0.1, 0.15) is 20.3 Å². The lowest BCUT2D eigenvalue weighted by atomic mass is 9.95.